The minimum absolute atomic E-state index is 0.245. The van der Waals surface area contributed by atoms with E-state index in [1.807, 2.05) is 24.3 Å². The number of amides is 1. The molecule has 0 bridgehead atoms. The predicted molar refractivity (Wildman–Crippen MR) is 104 cm³/mol. The number of anilines is 1. The van der Waals surface area contributed by atoms with Crippen molar-refractivity contribution in [3.63, 3.8) is 0 Å². The van der Waals surface area contributed by atoms with Crippen LogP contribution >= 0.6 is 22.9 Å². The van der Waals surface area contributed by atoms with Crippen LogP contribution in [0.5, 0.6) is 0 Å². The van der Waals surface area contributed by atoms with Crippen molar-refractivity contribution in [1.82, 2.24) is 4.98 Å². The number of nitrogens with zero attached hydrogens (tertiary/aromatic N) is 1. The van der Waals surface area contributed by atoms with Gasteiger partial charge in [-0.2, -0.15) is 0 Å². The molecule has 0 aliphatic carbocycles. The predicted octanol–water partition coefficient (Wildman–Crippen LogP) is 4.45. The Balaban J connectivity index is 1.38. The van der Waals surface area contributed by atoms with Crippen LogP contribution in [0.4, 0.5) is 5.69 Å². The molecular formula is C19H17ClN2O3S. The minimum atomic E-state index is -0.419. The lowest BCUT2D eigenvalue weighted by atomic mass is 10.2. The molecule has 3 rings (SSSR count). The van der Waals surface area contributed by atoms with Crippen LogP contribution in [0.15, 0.2) is 48.5 Å². The van der Waals surface area contributed by atoms with Crippen LogP contribution in [0.1, 0.15) is 17.8 Å². The van der Waals surface area contributed by atoms with Gasteiger partial charge in [-0.15, -0.1) is 11.3 Å². The monoisotopic (exact) mass is 388 g/mol. The summed E-state index contributed by atoms with van der Waals surface area (Å²) < 4.78 is 6.14. The van der Waals surface area contributed by atoms with Crippen LogP contribution in [-0.2, 0) is 20.7 Å². The normalized spacial score (nSPS) is 10.7. The fourth-order valence-electron chi connectivity index (χ4n) is 2.38. The molecule has 0 radical (unpaired) electrons. The van der Waals surface area contributed by atoms with Gasteiger partial charge in [0.2, 0.25) is 0 Å². The van der Waals surface area contributed by atoms with Gasteiger partial charge in [-0.05, 0) is 37.1 Å². The van der Waals surface area contributed by atoms with E-state index < -0.39 is 11.9 Å². The van der Waals surface area contributed by atoms with Gasteiger partial charge in [0.05, 0.1) is 25.9 Å². The molecule has 1 aromatic heterocycles. The molecule has 0 atom stereocenters. The van der Waals surface area contributed by atoms with Crippen molar-refractivity contribution in [3.05, 3.63) is 58.6 Å². The Hall–Kier alpha value is -2.44. The third-order valence-corrected chi connectivity index (χ3v) is 5.05. The molecule has 0 saturated carbocycles. The van der Waals surface area contributed by atoms with E-state index in [0.29, 0.717) is 23.6 Å². The van der Waals surface area contributed by atoms with Crippen molar-refractivity contribution in [3.8, 4) is 0 Å². The number of carbonyl (C=O) groups is 2. The van der Waals surface area contributed by atoms with E-state index in [0.717, 1.165) is 15.2 Å². The third-order valence-electron chi connectivity index (χ3n) is 3.62. The van der Waals surface area contributed by atoms with Crippen LogP contribution < -0.4 is 5.32 Å². The number of fused-ring (bicyclic) bond motifs is 1. The van der Waals surface area contributed by atoms with Crippen molar-refractivity contribution in [2.45, 2.75) is 19.3 Å². The second-order valence-electron chi connectivity index (χ2n) is 5.62. The molecule has 1 heterocycles. The first-order chi connectivity index (χ1) is 12.6. The first-order valence-electron chi connectivity index (χ1n) is 8.16. The molecule has 0 aliphatic rings. The van der Waals surface area contributed by atoms with Crippen LogP contribution in [0.3, 0.4) is 0 Å². The number of halogens is 1. The van der Waals surface area contributed by atoms with Gasteiger partial charge in [0.25, 0.3) is 5.91 Å². The summed E-state index contributed by atoms with van der Waals surface area (Å²) >= 11 is 7.59. The molecule has 0 fully saturated rings. The summed E-state index contributed by atoms with van der Waals surface area (Å²) in [5.41, 5.74) is 1.47. The number of esters is 1. The van der Waals surface area contributed by atoms with Crippen LogP contribution in [0.2, 0.25) is 5.02 Å². The number of hydrogen-bond acceptors (Lipinski definition) is 5. The van der Waals surface area contributed by atoms with E-state index >= 15 is 0 Å². The van der Waals surface area contributed by atoms with Gasteiger partial charge < -0.3 is 10.1 Å². The summed E-state index contributed by atoms with van der Waals surface area (Å²) in [7, 11) is 0. The maximum absolute atomic E-state index is 11.8. The molecule has 26 heavy (non-hydrogen) atoms. The number of carbonyl (C=O) groups excluding carboxylic acids is 2. The highest BCUT2D eigenvalue weighted by Crippen LogP contribution is 2.23. The number of ether oxygens (including phenoxy) is 1. The smallest absolute Gasteiger partial charge is 0.306 e. The molecule has 5 nitrogen and oxygen atoms in total. The van der Waals surface area contributed by atoms with Gasteiger partial charge >= 0.3 is 5.97 Å². The van der Waals surface area contributed by atoms with Gasteiger partial charge in [-0.25, -0.2) is 4.98 Å². The summed E-state index contributed by atoms with van der Waals surface area (Å²) in [5, 5.41) is 4.04. The number of thiazole rings is 1. The standard InChI is InChI=1S/C19H17ClN2O3S/c20-13-6-1-2-7-14(13)21-17(23)12-25-19(24)11-5-10-18-22-15-8-3-4-9-16(15)26-18/h1-4,6-9H,5,10-12H2,(H,21,23). The maximum atomic E-state index is 11.8. The molecule has 3 aromatic rings. The second-order valence-corrected chi connectivity index (χ2v) is 7.14. The van der Waals surface area contributed by atoms with E-state index in [9.17, 15) is 9.59 Å². The van der Waals surface area contributed by atoms with Crippen LogP contribution in [-0.4, -0.2) is 23.5 Å². The Bertz CT molecular complexity index is 893. The Morgan fingerprint density at radius 2 is 1.88 bits per heavy atom. The second kappa shape index (κ2) is 8.78. The van der Waals surface area contributed by atoms with E-state index in [2.05, 4.69) is 10.3 Å². The summed E-state index contributed by atoms with van der Waals surface area (Å²) in [4.78, 5) is 28.1. The van der Waals surface area contributed by atoms with E-state index in [4.69, 9.17) is 16.3 Å². The Kier molecular flexibility index (Phi) is 6.20. The molecule has 7 heteroatoms. The minimum Gasteiger partial charge on any atom is -0.456 e. The first kappa shape index (κ1) is 18.4. The topological polar surface area (TPSA) is 68.3 Å². The quantitative estimate of drug-likeness (QED) is 0.607. The highest BCUT2D eigenvalue weighted by atomic mass is 35.5. The number of hydrogen-bond donors (Lipinski definition) is 1. The van der Waals surface area contributed by atoms with Gasteiger partial charge in [-0.1, -0.05) is 35.9 Å². The first-order valence-corrected chi connectivity index (χ1v) is 9.36. The maximum Gasteiger partial charge on any atom is 0.306 e. The molecule has 1 amide bonds. The Morgan fingerprint density at radius 1 is 1.12 bits per heavy atom. The average Bonchev–Trinajstić information content (AvgIpc) is 3.05. The third kappa shape index (κ3) is 5.03. The molecule has 0 aliphatic heterocycles. The number of nitrogens with one attached hydrogen (secondary N) is 1. The van der Waals surface area contributed by atoms with Crippen molar-refractivity contribution in [2.75, 3.05) is 11.9 Å². The number of aryl methyl sites for hydroxylation is 1. The Morgan fingerprint density at radius 3 is 2.69 bits per heavy atom. The zero-order chi connectivity index (χ0) is 18.4. The lowest BCUT2D eigenvalue weighted by Gasteiger charge is -2.07. The lowest BCUT2D eigenvalue weighted by molar-refractivity contribution is -0.147. The SMILES string of the molecule is O=C(COC(=O)CCCc1nc2ccccc2s1)Nc1ccccc1Cl. The zero-order valence-corrected chi connectivity index (χ0v) is 15.5. The molecule has 1 N–H and O–H groups in total. The molecular weight excluding hydrogens is 372 g/mol. The highest BCUT2D eigenvalue weighted by Gasteiger charge is 2.10. The van der Waals surface area contributed by atoms with Gasteiger partial charge in [0.1, 0.15) is 0 Å². The summed E-state index contributed by atoms with van der Waals surface area (Å²) in [5.74, 6) is -0.821. The van der Waals surface area contributed by atoms with Crippen molar-refractivity contribution < 1.29 is 14.3 Å². The summed E-state index contributed by atoms with van der Waals surface area (Å²) in [6.07, 6.45) is 1.58. The molecule has 2 aromatic carbocycles. The van der Waals surface area contributed by atoms with Crippen molar-refractivity contribution in [1.29, 1.82) is 0 Å². The lowest BCUT2D eigenvalue weighted by Crippen LogP contribution is -2.21. The summed E-state index contributed by atoms with van der Waals surface area (Å²) in [6.45, 7) is -0.328. The van der Waals surface area contributed by atoms with E-state index in [1.165, 1.54) is 0 Å². The molecule has 134 valence electrons. The fraction of sp³-hybridized carbons (Fsp3) is 0.211. The number of aromatic nitrogens is 1. The molecule has 0 unspecified atom stereocenters. The van der Waals surface area contributed by atoms with E-state index in [1.54, 1.807) is 35.6 Å². The van der Waals surface area contributed by atoms with Gasteiger partial charge in [-0.3, -0.25) is 9.59 Å². The molecule has 0 spiro atoms. The molecule has 0 saturated heterocycles. The number of rotatable bonds is 7. The Labute approximate surface area is 160 Å². The van der Waals surface area contributed by atoms with Crippen molar-refractivity contribution >= 4 is 50.7 Å². The van der Waals surface area contributed by atoms with E-state index in [-0.39, 0.29) is 13.0 Å². The highest BCUT2D eigenvalue weighted by molar-refractivity contribution is 7.18. The zero-order valence-electron chi connectivity index (χ0n) is 13.9. The average molecular weight is 389 g/mol. The van der Waals surface area contributed by atoms with Crippen molar-refractivity contribution in [2.24, 2.45) is 0 Å². The number of para-hydroxylation sites is 2. The number of benzene rings is 2. The van der Waals surface area contributed by atoms with Crippen LogP contribution in [0.25, 0.3) is 10.2 Å². The largest absolute Gasteiger partial charge is 0.456 e. The summed E-state index contributed by atoms with van der Waals surface area (Å²) in [6, 6.07) is 14.8. The van der Waals surface area contributed by atoms with Crippen LogP contribution in [0, 0.1) is 0 Å². The van der Waals surface area contributed by atoms with Gasteiger partial charge in [0.15, 0.2) is 6.61 Å². The van der Waals surface area contributed by atoms with Gasteiger partial charge in [0, 0.05) is 6.42 Å². The fourth-order valence-corrected chi connectivity index (χ4v) is 3.57.